The van der Waals surface area contributed by atoms with Crippen molar-refractivity contribution in [2.45, 2.75) is 6.54 Å². The van der Waals surface area contributed by atoms with E-state index in [4.69, 9.17) is 5.73 Å². The number of anilines is 1. The molecule has 0 radical (unpaired) electrons. The first-order chi connectivity index (χ1) is 9.63. The third-order valence-corrected chi connectivity index (χ3v) is 4.68. The molecular formula is C14H13N3OS2. The Bertz CT molecular complexity index is 749. The van der Waals surface area contributed by atoms with Gasteiger partial charge in [-0.05, 0) is 29.6 Å². The summed E-state index contributed by atoms with van der Waals surface area (Å²) in [5.74, 6) is 0.00673. The highest BCUT2D eigenvalue weighted by Crippen LogP contribution is 2.25. The molecule has 20 heavy (non-hydrogen) atoms. The van der Waals surface area contributed by atoms with E-state index in [1.54, 1.807) is 22.3 Å². The summed E-state index contributed by atoms with van der Waals surface area (Å²) in [6.45, 7) is 0.624. The van der Waals surface area contributed by atoms with Gasteiger partial charge in [-0.1, -0.05) is 17.4 Å². The number of benzene rings is 1. The lowest BCUT2D eigenvalue weighted by Crippen LogP contribution is -2.25. The number of nitrogens with zero attached hydrogens (tertiary/aromatic N) is 2. The Kier molecular flexibility index (Phi) is 3.42. The standard InChI is InChI=1S/C14H13N3OS2/c1-17(8-10-3-2-6-19-10)13(18)9-4-5-11-12(7-9)20-14(15)16-11/h2-7H,8H2,1H3,(H2,15,16). The molecule has 3 aromatic rings. The van der Waals surface area contributed by atoms with Crippen LogP contribution in [0.4, 0.5) is 5.13 Å². The highest BCUT2D eigenvalue weighted by atomic mass is 32.1. The number of aromatic nitrogens is 1. The molecule has 0 saturated carbocycles. The van der Waals surface area contributed by atoms with E-state index in [0.717, 1.165) is 10.2 Å². The van der Waals surface area contributed by atoms with Gasteiger partial charge < -0.3 is 10.6 Å². The fraction of sp³-hybridized carbons (Fsp3) is 0.143. The first-order valence-corrected chi connectivity index (χ1v) is 7.77. The van der Waals surface area contributed by atoms with Gasteiger partial charge in [-0.3, -0.25) is 4.79 Å². The van der Waals surface area contributed by atoms with Gasteiger partial charge in [-0.25, -0.2) is 4.98 Å². The smallest absolute Gasteiger partial charge is 0.253 e. The maximum absolute atomic E-state index is 12.4. The Balaban J connectivity index is 1.83. The maximum atomic E-state index is 12.4. The van der Waals surface area contributed by atoms with Crippen LogP contribution in [-0.4, -0.2) is 22.8 Å². The van der Waals surface area contributed by atoms with Gasteiger partial charge >= 0.3 is 0 Å². The fourth-order valence-electron chi connectivity index (χ4n) is 2.00. The summed E-state index contributed by atoms with van der Waals surface area (Å²) < 4.78 is 0.942. The summed E-state index contributed by atoms with van der Waals surface area (Å²) in [4.78, 5) is 19.5. The maximum Gasteiger partial charge on any atom is 0.253 e. The number of carbonyl (C=O) groups excluding carboxylic acids is 1. The molecule has 0 aliphatic carbocycles. The first kappa shape index (κ1) is 13.1. The van der Waals surface area contributed by atoms with Crippen molar-refractivity contribution < 1.29 is 4.79 Å². The zero-order valence-corrected chi connectivity index (χ0v) is 12.5. The van der Waals surface area contributed by atoms with Crippen LogP contribution in [0.3, 0.4) is 0 Å². The number of carbonyl (C=O) groups is 1. The number of thiazole rings is 1. The van der Waals surface area contributed by atoms with Gasteiger partial charge in [0.1, 0.15) is 0 Å². The average molecular weight is 303 g/mol. The summed E-state index contributed by atoms with van der Waals surface area (Å²) in [6, 6.07) is 9.52. The molecule has 0 fully saturated rings. The van der Waals surface area contributed by atoms with E-state index in [2.05, 4.69) is 4.98 Å². The van der Waals surface area contributed by atoms with E-state index in [1.807, 2.05) is 36.7 Å². The van der Waals surface area contributed by atoms with E-state index in [-0.39, 0.29) is 5.91 Å². The molecule has 0 atom stereocenters. The van der Waals surface area contributed by atoms with E-state index in [0.29, 0.717) is 17.2 Å². The quantitative estimate of drug-likeness (QED) is 0.808. The summed E-state index contributed by atoms with van der Waals surface area (Å²) >= 11 is 3.05. The molecule has 102 valence electrons. The normalized spacial score (nSPS) is 10.8. The molecule has 0 bridgehead atoms. The molecular weight excluding hydrogens is 290 g/mol. The molecule has 1 amide bonds. The predicted octanol–water partition coefficient (Wildman–Crippen LogP) is 3.21. The van der Waals surface area contributed by atoms with Crippen LogP contribution in [0.1, 0.15) is 15.2 Å². The van der Waals surface area contributed by atoms with Gasteiger partial charge in [0.05, 0.1) is 16.8 Å². The van der Waals surface area contributed by atoms with Crippen molar-refractivity contribution in [2.75, 3.05) is 12.8 Å². The third-order valence-electron chi connectivity index (χ3n) is 2.97. The van der Waals surface area contributed by atoms with Gasteiger partial charge in [-0.15, -0.1) is 11.3 Å². The third kappa shape index (κ3) is 2.52. The number of hydrogen-bond acceptors (Lipinski definition) is 5. The van der Waals surface area contributed by atoms with Crippen molar-refractivity contribution in [2.24, 2.45) is 0 Å². The van der Waals surface area contributed by atoms with Crippen molar-refractivity contribution in [3.63, 3.8) is 0 Å². The molecule has 0 aliphatic heterocycles. The van der Waals surface area contributed by atoms with E-state index in [9.17, 15) is 4.79 Å². The van der Waals surface area contributed by atoms with Gasteiger partial charge in [0.15, 0.2) is 5.13 Å². The van der Waals surface area contributed by atoms with Gasteiger partial charge in [0, 0.05) is 17.5 Å². The lowest BCUT2D eigenvalue weighted by atomic mass is 10.2. The number of nitrogen functional groups attached to an aromatic ring is 1. The molecule has 0 unspecified atom stereocenters. The molecule has 6 heteroatoms. The first-order valence-electron chi connectivity index (χ1n) is 6.07. The minimum Gasteiger partial charge on any atom is -0.375 e. The number of thiophene rings is 1. The Morgan fingerprint density at radius 1 is 1.40 bits per heavy atom. The highest BCUT2D eigenvalue weighted by molar-refractivity contribution is 7.22. The number of nitrogens with two attached hydrogens (primary N) is 1. The molecule has 2 N–H and O–H groups in total. The van der Waals surface area contributed by atoms with Crippen LogP contribution < -0.4 is 5.73 Å². The fourth-order valence-corrected chi connectivity index (χ4v) is 3.53. The van der Waals surface area contributed by atoms with E-state index < -0.39 is 0 Å². The zero-order valence-electron chi connectivity index (χ0n) is 10.9. The summed E-state index contributed by atoms with van der Waals surface area (Å²) in [5.41, 5.74) is 7.19. The SMILES string of the molecule is CN(Cc1cccs1)C(=O)c1ccc2nc(N)sc2c1. The summed E-state index contributed by atoms with van der Waals surface area (Å²) in [6.07, 6.45) is 0. The topological polar surface area (TPSA) is 59.2 Å². The minimum absolute atomic E-state index is 0.00673. The minimum atomic E-state index is 0.00673. The molecule has 2 aromatic heterocycles. The second kappa shape index (κ2) is 5.22. The predicted molar refractivity (Wildman–Crippen MR) is 84.1 cm³/mol. The zero-order chi connectivity index (χ0) is 14.1. The lowest BCUT2D eigenvalue weighted by Gasteiger charge is -2.16. The van der Waals surface area contributed by atoms with Crippen molar-refractivity contribution >= 4 is 43.9 Å². The monoisotopic (exact) mass is 303 g/mol. The van der Waals surface area contributed by atoms with Crippen molar-refractivity contribution in [3.8, 4) is 0 Å². The molecule has 1 aromatic carbocycles. The molecule has 0 spiro atoms. The van der Waals surface area contributed by atoms with Crippen molar-refractivity contribution in [3.05, 3.63) is 46.2 Å². The highest BCUT2D eigenvalue weighted by Gasteiger charge is 2.14. The van der Waals surface area contributed by atoms with E-state index >= 15 is 0 Å². The Morgan fingerprint density at radius 2 is 2.25 bits per heavy atom. The van der Waals surface area contributed by atoms with Crippen LogP contribution in [-0.2, 0) is 6.54 Å². The van der Waals surface area contributed by atoms with Crippen LogP contribution >= 0.6 is 22.7 Å². The number of amides is 1. The van der Waals surface area contributed by atoms with Crippen molar-refractivity contribution in [1.29, 1.82) is 0 Å². The Morgan fingerprint density at radius 3 is 3.00 bits per heavy atom. The summed E-state index contributed by atoms with van der Waals surface area (Å²) in [7, 11) is 1.81. The van der Waals surface area contributed by atoms with E-state index in [1.165, 1.54) is 16.2 Å². The average Bonchev–Trinajstić information content (AvgIpc) is 3.04. The second-order valence-electron chi connectivity index (χ2n) is 4.48. The van der Waals surface area contributed by atoms with Crippen LogP contribution in [0.25, 0.3) is 10.2 Å². The molecule has 3 rings (SSSR count). The van der Waals surface area contributed by atoms with Gasteiger partial charge in [-0.2, -0.15) is 0 Å². The molecule has 4 nitrogen and oxygen atoms in total. The molecule has 0 aliphatic rings. The van der Waals surface area contributed by atoms with Gasteiger partial charge in [0.25, 0.3) is 5.91 Å². The molecule has 2 heterocycles. The Labute approximate surface area is 124 Å². The summed E-state index contributed by atoms with van der Waals surface area (Å²) in [5, 5.41) is 2.54. The second-order valence-corrected chi connectivity index (χ2v) is 6.57. The number of hydrogen-bond donors (Lipinski definition) is 1. The van der Waals surface area contributed by atoms with Crippen molar-refractivity contribution in [1.82, 2.24) is 9.88 Å². The van der Waals surface area contributed by atoms with Crippen LogP contribution in [0.2, 0.25) is 0 Å². The lowest BCUT2D eigenvalue weighted by molar-refractivity contribution is 0.0786. The van der Waals surface area contributed by atoms with Crippen LogP contribution in [0.5, 0.6) is 0 Å². The largest absolute Gasteiger partial charge is 0.375 e. The van der Waals surface area contributed by atoms with Gasteiger partial charge in [0.2, 0.25) is 0 Å². The van der Waals surface area contributed by atoms with Crippen LogP contribution in [0, 0.1) is 0 Å². The number of rotatable bonds is 3. The molecule has 0 saturated heterocycles. The van der Waals surface area contributed by atoms with Crippen LogP contribution in [0.15, 0.2) is 35.7 Å². The number of fused-ring (bicyclic) bond motifs is 1. The Hall–Kier alpha value is -1.92.